The van der Waals surface area contributed by atoms with Crippen molar-refractivity contribution >= 4 is 51.2 Å². The van der Waals surface area contributed by atoms with Gasteiger partial charge in [0.2, 0.25) is 0 Å². The first kappa shape index (κ1) is 23.7. The van der Waals surface area contributed by atoms with Gasteiger partial charge in [0.05, 0.1) is 0 Å². The van der Waals surface area contributed by atoms with E-state index in [-0.39, 0.29) is 58.1 Å². The number of hydrogen-bond donors (Lipinski definition) is 3. The minimum atomic E-state index is -1.58. The zero-order valence-corrected chi connectivity index (χ0v) is 6.76. The largest absolute Gasteiger partial charge is 2.00 e. The van der Waals surface area contributed by atoms with Crippen molar-refractivity contribution in [2.45, 2.75) is 0 Å². The van der Waals surface area contributed by atoms with Crippen LogP contribution in [0, 0.1) is 6.48 Å². The Kier molecular flexibility index (Phi) is 53.0. The SMILES string of the molecule is O.O[C-](O)O.S.[Ca+2].[H-]. The minimum absolute atomic E-state index is 0. The fraction of sp³-hybridized carbons (Fsp3) is 0. The van der Waals surface area contributed by atoms with Crippen LogP contribution in [0.25, 0.3) is 0 Å². The molecule has 0 heterocycles. The number of rotatable bonds is 0. The molecule has 0 aromatic heterocycles. The third-order valence-electron chi connectivity index (χ3n) is 0. The number of aliphatic hydroxyl groups is 3. The van der Waals surface area contributed by atoms with Crippen LogP contribution in [-0.2, 0) is 0 Å². The molecule has 0 aliphatic heterocycles. The standard InChI is InChI=1S/CH3O3.Ca.H2O.H2S.H/c2-1(3)4;;;;/h2-4H;;2*1H2;/q-1;+2;;;-1. The Bertz CT molecular complexity index is 20.8. The van der Waals surface area contributed by atoms with E-state index in [0.29, 0.717) is 0 Å². The van der Waals surface area contributed by atoms with Gasteiger partial charge >= 0.3 is 37.7 Å². The van der Waals surface area contributed by atoms with E-state index in [0.717, 1.165) is 0 Å². The van der Waals surface area contributed by atoms with Gasteiger partial charge in [-0.2, -0.15) is 13.5 Å². The van der Waals surface area contributed by atoms with E-state index in [4.69, 9.17) is 15.3 Å². The molecule has 44 valence electrons. The summed E-state index contributed by atoms with van der Waals surface area (Å²) in [6.45, 7) is -1.58. The van der Waals surface area contributed by atoms with Crippen LogP contribution in [0.2, 0.25) is 0 Å². The third-order valence-corrected chi connectivity index (χ3v) is 0. The molecule has 0 aromatic carbocycles. The molecule has 0 unspecified atom stereocenters. The van der Waals surface area contributed by atoms with E-state index in [1.807, 2.05) is 0 Å². The van der Waals surface area contributed by atoms with E-state index in [2.05, 4.69) is 0 Å². The van der Waals surface area contributed by atoms with Gasteiger partial charge in [-0.1, -0.05) is 0 Å². The Morgan fingerprint density at radius 2 is 1.14 bits per heavy atom. The molecule has 0 spiro atoms. The van der Waals surface area contributed by atoms with Crippen LogP contribution in [0.1, 0.15) is 1.43 Å². The molecule has 0 rings (SSSR count). The van der Waals surface area contributed by atoms with Crippen molar-refractivity contribution in [3.05, 3.63) is 6.48 Å². The maximum absolute atomic E-state index is 7.08. The van der Waals surface area contributed by atoms with E-state index in [9.17, 15) is 0 Å². The van der Waals surface area contributed by atoms with Gasteiger partial charge in [0, 0.05) is 6.48 Å². The van der Waals surface area contributed by atoms with Crippen molar-refractivity contribution in [3.63, 3.8) is 0 Å². The maximum Gasteiger partial charge on any atom is 2.00 e. The van der Waals surface area contributed by atoms with Gasteiger partial charge in [-0.25, -0.2) is 0 Å². The molecule has 5 N–H and O–H groups in total. The van der Waals surface area contributed by atoms with Crippen molar-refractivity contribution in [2.24, 2.45) is 0 Å². The summed E-state index contributed by atoms with van der Waals surface area (Å²) >= 11 is 0. The van der Waals surface area contributed by atoms with Gasteiger partial charge in [0.1, 0.15) is 0 Å². The molecule has 0 saturated carbocycles. The molecule has 6 heteroatoms. The van der Waals surface area contributed by atoms with Crippen LogP contribution < -0.4 is 0 Å². The van der Waals surface area contributed by atoms with Crippen LogP contribution in [0.15, 0.2) is 0 Å². The fourth-order valence-electron chi connectivity index (χ4n) is 0. The molecule has 4 nitrogen and oxygen atoms in total. The molecule has 0 aromatic rings. The smallest absolute Gasteiger partial charge is 1.00 e. The second-order valence-electron chi connectivity index (χ2n) is 0.300. The van der Waals surface area contributed by atoms with E-state index >= 15 is 0 Å². The summed E-state index contributed by atoms with van der Waals surface area (Å²) < 4.78 is 0. The average Bonchev–Trinajstić information content (AvgIpc) is 0.811. The van der Waals surface area contributed by atoms with Crippen LogP contribution in [0.3, 0.4) is 0 Å². The molecule has 0 amide bonds. The summed E-state index contributed by atoms with van der Waals surface area (Å²) in [6, 6.07) is 0. The zero-order valence-electron chi connectivity index (χ0n) is 4.55. The Morgan fingerprint density at radius 3 is 1.14 bits per heavy atom. The summed E-state index contributed by atoms with van der Waals surface area (Å²) in [4.78, 5) is 0. The topological polar surface area (TPSA) is 92.2 Å². The van der Waals surface area contributed by atoms with Crippen molar-refractivity contribution in [2.75, 3.05) is 0 Å². The Hall–Kier alpha value is 1.45. The Balaban J connectivity index is -0.00000000750. The summed E-state index contributed by atoms with van der Waals surface area (Å²) in [5, 5.41) is 21.2. The van der Waals surface area contributed by atoms with Gasteiger partial charge in [-0.3, -0.25) is 0 Å². The molecule has 0 bridgehead atoms. The fourth-order valence-corrected chi connectivity index (χ4v) is 0. The summed E-state index contributed by atoms with van der Waals surface area (Å²) in [5.41, 5.74) is 0. The molecule has 0 fully saturated rings. The first-order valence-electron chi connectivity index (χ1n) is 0.671. The van der Waals surface area contributed by atoms with Gasteiger partial charge in [-0.15, -0.1) is 0 Å². The number of aliphatic hydroxyl groups excluding tert-OH is 1. The van der Waals surface area contributed by atoms with E-state index < -0.39 is 6.48 Å². The third kappa shape index (κ3) is 105. The second kappa shape index (κ2) is 15.7. The normalized spacial score (nSPS) is 5.14. The van der Waals surface area contributed by atoms with Gasteiger partial charge in [-0.05, 0) is 0 Å². The van der Waals surface area contributed by atoms with Crippen molar-refractivity contribution in [1.29, 1.82) is 0 Å². The van der Waals surface area contributed by atoms with Gasteiger partial charge in [0.15, 0.2) is 0 Å². The molecule has 0 saturated heterocycles. The Morgan fingerprint density at radius 1 is 1.14 bits per heavy atom. The van der Waals surface area contributed by atoms with Gasteiger partial charge < -0.3 is 22.2 Å². The maximum atomic E-state index is 7.08. The predicted octanol–water partition coefficient (Wildman–Crippen LogP) is -1.43. The first-order valence-corrected chi connectivity index (χ1v) is 0.671. The van der Waals surface area contributed by atoms with Crippen LogP contribution in [0.5, 0.6) is 0 Å². The molecule has 0 aliphatic rings. The summed E-state index contributed by atoms with van der Waals surface area (Å²) in [7, 11) is 0. The van der Waals surface area contributed by atoms with Gasteiger partial charge in [0.25, 0.3) is 0 Å². The average molecular weight is 156 g/mol. The van der Waals surface area contributed by atoms with E-state index in [1.165, 1.54) is 0 Å². The molecule has 7 heavy (non-hydrogen) atoms. The summed E-state index contributed by atoms with van der Waals surface area (Å²) in [5.74, 6) is 0. The molecule has 0 radical (unpaired) electrons. The zero-order chi connectivity index (χ0) is 3.58. The second-order valence-corrected chi connectivity index (χ2v) is 0.300. The van der Waals surface area contributed by atoms with Crippen LogP contribution in [-0.4, -0.2) is 58.5 Å². The van der Waals surface area contributed by atoms with Crippen molar-refractivity contribution in [3.8, 4) is 0 Å². The van der Waals surface area contributed by atoms with E-state index in [1.54, 1.807) is 0 Å². The molecular formula is CH8CaO4S. The van der Waals surface area contributed by atoms with Crippen LogP contribution >= 0.6 is 13.5 Å². The first-order chi connectivity index (χ1) is 1.73. The quantitative estimate of drug-likeness (QED) is 0.296. The van der Waals surface area contributed by atoms with Crippen LogP contribution in [0.4, 0.5) is 0 Å². The van der Waals surface area contributed by atoms with Crippen molar-refractivity contribution < 1.29 is 22.2 Å². The number of hydrogen-bond acceptors (Lipinski definition) is 3. The monoisotopic (exact) mass is 156 g/mol. The Labute approximate surface area is 79.4 Å². The summed E-state index contributed by atoms with van der Waals surface area (Å²) in [6.07, 6.45) is 0. The predicted molar refractivity (Wildman–Crippen MR) is 29.9 cm³/mol. The molecule has 0 atom stereocenters. The van der Waals surface area contributed by atoms with Crippen molar-refractivity contribution in [1.82, 2.24) is 0 Å². The minimum Gasteiger partial charge on any atom is -1.00 e. The molecule has 0 aliphatic carbocycles. The molecular weight excluding hydrogens is 148 g/mol.